The fourth-order valence-electron chi connectivity index (χ4n) is 7.17. The second kappa shape index (κ2) is 5.40. The van der Waals surface area contributed by atoms with Crippen LogP contribution in [0.3, 0.4) is 0 Å². The van der Waals surface area contributed by atoms with Gasteiger partial charge in [-0.25, -0.2) is 0 Å². The summed E-state index contributed by atoms with van der Waals surface area (Å²) < 4.78 is 0. The molecule has 4 nitrogen and oxygen atoms in total. The summed E-state index contributed by atoms with van der Waals surface area (Å²) in [6.07, 6.45) is 7.89. The van der Waals surface area contributed by atoms with Gasteiger partial charge in [0.05, 0.1) is 0 Å². The van der Waals surface area contributed by atoms with E-state index in [2.05, 4.69) is 19.2 Å². The van der Waals surface area contributed by atoms with Crippen molar-refractivity contribution >= 4 is 18.0 Å². The van der Waals surface area contributed by atoms with Gasteiger partial charge in [0, 0.05) is 30.7 Å². The van der Waals surface area contributed by atoms with Crippen molar-refractivity contribution in [2.75, 3.05) is 0 Å². The second-order valence-electron chi connectivity index (χ2n) is 9.28. The largest absolute Gasteiger partial charge is 0.356 e. The van der Waals surface area contributed by atoms with E-state index in [4.69, 9.17) is 0 Å². The molecule has 0 aromatic rings. The highest BCUT2D eigenvalue weighted by molar-refractivity contribution is 5.87. The maximum absolute atomic E-state index is 12.5. The van der Waals surface area contributed by atoms with Gasteiger partial charge >= 0.3 is 0 Å². The van der Waals surface area contributed by atoms with Crippen molar-refractivity contribution < 1.29 is 14.4 Å². The number of ketones is 2. The lowest BCUT2D eigenvalue weighted by Gasteiger charge is -2.61. The Labute approximate surface area is 144 Å². The smallest absolute Gasteiger partial charge is 0.207 e. The van der Waals surface area contributed by atoms with Gasteiger partial charge in [-0.2, -0.15) is 0 Å². The molecule has 2 unspecified atom stereocenters. The lowest BCUT2D eigenvalue weighted by atomic mass is 9.44. The summed E-state index contributed by atoms with van der Waals surface area (Å²) in [6, 6.07) is 0.0936. The van der Waals surface area contributed by atoms with Crippen LogP contribution < -0.4 is 5.32 Å². The standard InChI is InChI=1S/C20H29NO3/c1-19-7-5-12(23)9-16(19)17(21-11-22)10-13-14-3-4-18(24)20(14,2)8-6-15(13)19/h11,13-17H,3-10H2,1-2H3,(H,21,22)/t13-,14-,15+,16?,17?,19+,20-/m0/s1. The first-order chi connectivity index (χ1) is 11.4. The van der Waals surface area contributed by atoms with E-state index in [-0.39, 0.29) is 22.8 Å². The van der Waals surface area contributed by atoms with Gasteiger partial charge in [-0.05, 0) is 61.2 Å². The summed E-state index contributed by atoms with van der Waals surface area (Å²) in [5.74, 6) is 2.66. The summed E-state index contributed by atoms with van der Waals surface area (Å²) in [4.78, 5) is 35.8. The molecule has 0 saturated heterocycles. The third kappa shape index (κ3) is 2.07. The Bertz CT molecular complexity index is 587. The Balaban J connectivity index is 1.71. The van der Waals surface area contributed by atoms with Crippen LogP contribution in [0, 0.1) is 34.5 Å². The number of hydrogen-bond acceptors (Lipinski definition) is 3. The molecule has 132 valence electrons. The van der Waals surface area contributed by atoms with E-state index in [1.54, 1.807) is 0 Å². The average molecular weight is 331 g/mol. The predicted molar refractivity (Wildman–Crippen MR) is 90.1 cm³/mol. The minimum absolute atomic E-state index is 0.0936. The Morgan fingerprint density at radius 2 is 1.83 bits per heavy atom. The first-order valence-electron chi connectivity index (χ1n) is 9.65. The van der Waals surface area contributed by atoms with Crippen LogP contribution in [-0.2, 0) is 14.4 Å². The predicted octanol–water partition coefficient (Wildman–Crippen LogP) is 2.89. The summed E-state index contributed by atoms with van der Waals surface area (Å²) in [5.41, 5.74) is -0.00888. The van der Waals surface area contributed by atoms with Crippen LogP contribution in [0.4, 0.5) is 0 Å². The van der Waals surface area contributed by atoms with Crippen molar-refractivity contribution in [1.82, 2.24) is 5.32 Å². The maximum atomic E-state index is 12.5. The summed E-state index contributed by atoms with van der Waals surface area (Å²) in [7, 11) is 0. The molecule has 4 saturated carbocycles. The number of Topliss-reactive ketones (excluding diaryl/α,β-unsaturated/α-hetero) is 2. The molecule has 0 bridgehead atoms. The fourth-order valence-corrected chi connectivity index (χ4v) is 7.17. The average Bonchev–Trinajstić information content (AvgIpc) is 2.85. The van der Waals surface area contributed by atoms with Crippen molar-refractivity contribution in [3.05, 3.63) is 0 Å². The lowest BCUT2D eigenvalue weighted by Crippen LogP contribution is -2.60. The van der Waals surface area contributed by atoms with Gasteiger partial charge in [0.15, 0.2) is 0 Å². The third-order valence-electron chi connectivity index (χ3n) is 8.52. The third-order valence-corrected chi connectivity index (χ3v) is 8.52. The fraction of sp³-hybridized carbons (Fsp3) is 0.850. The quantitative estimate of drug-likeness (QED) is 0.791. The van der Waals surface area contributed by atoms with Crippen LogP contribution in [0.25, 0.3) is 0 Å². The Morgan fingerprint density at radius 1 is 1.04 bits per heavy atom. The zero-order valence-electron chi connectivity index (χ0n) is 14.8. The van der Waals surface area contributed by atoms with Gasteiger partial charge in [0.25, 0.3) is 0 Å². The number of rotatable bonds is 2. The molecule has 4 aliphatic carbocycles. The number of hydrogen-bond donors (Lipinski definition) is 1. The Kier molecular flexibility index (Phi) is 3.67. The minimum atomic E-state index is -0.138. The van der Waals surface area contributed by atoms with E-state index in [0.717, 1.165) is 44.9 Å². The molecule has 4 aliphatic rings. The van der Waals surface area contributed by atoms with Gasteiger partial charge in [-0.1, -0.05) is 13.8 Å². The van der Waals surface area contributed by atoms with Crippen LogP contribution in [-0.4, -0.2) is 24.0 Å². The van der Waals surface area contributed by atoms with E-state index in [9.17, 15) is 14.4 Å². The first kappa shape index (κ1) is 16.3. The molecule has 0 radical (unpaired) electrons. The molecule has 0 spiro atoms. The van der Waals surface area contributed by atoms with Crippen LogP contribution in [0.2, 0.25) is 0 Å². The minimum Gasteiger partial charge on any atom is -0.356 e. The molecule has 0 aromatic carbocycles. The van der Waals surface area contributed by atoms with Gasteiger partial charge in [0.1, 0.15) is 11.6 Å². The number of carbonyl (C=O) groups is 3. The van der Waals surface area contributed by atoms with Crippen molar-refractivity contribution in [3.8, 4) is 0 Å². The summed E-state index contributed by atoms with van der Waals surface area (Å²) in [6.45, 7) is 4.55. The van der Waals surface area contributed by atoms with E-state index < -0.39 is 0 Å². The zero-order valence-corrected chi connectivity index (χ0v) is 14.8. The van der Waals surface area contributed by atoms with E-state index in [0.29, 0.717) is 42.2 Å². The van der Waals surface area contributed by atoms with Crippen molar-refractivity contribution in [1.29, 1.82) is 0 Å². The number of nitrogens with one attached hydrogen (secondary N) is 1. The topological polar surface area (TPSA) is 63.2 Å². The monoisotopic (exact) mass is 331 g/mol. The van der Waals surface area contributed by atoms with Crippen LogP contribution >= 0.6 is 0 Å². The Morgan fingerprint density at radius 3 is 2.58 bits per heavy atom. The molecule has 0 heterocycles. The van der Waals surface area contributed by atoms with Crippen LogP contribution in [0.5, 0.6) is 0 Å². The first-order valence-corrected chi connectivity index (χ1v) is 9.65. The van der Waals surface area contributed by atoms with Gasteiger partial charge in [-0.3, -0.25) is 14.4 Å². The molecule has 4 heteroatoms. The van der Waals surface area contributed by atoms with Crippen molar-refractivity contribution in [2.45, 2.75) is 71.3 Å². The molecular formula is C20H29NO3. The normalized spacial score (nSPS) is 50.7. The molecular weight excluding hydrogens is 302 g/mol. The second-order valence-corrected chi connectivity index (χ2v) is 9.28. The highest BCUT2D eigenvalue weighted by Gasteiger charge is 2.62. The lowest BCUT2D eigenvalue weighted by molar-refractivity contribution is -0.149. The van der Waals surface area contributed by atoms with Crippen molar-refractivity contribution in [2.24, 2.45) is 34.5 Å². The van der Waals surface area contributed by atoms with Gasteiger partial charge in [-0.15, -0.1) is 0 Å². The molecule has 0 aliphatic heterocycles. The van der Waals surface area contributed by atoms with Crippen LogP contribution in [0.1, 0.15) is 65.2 Å². The van der Waals surface area contributed by atoms with Gasteiger partial charge in [0.2, 0.25) is 6.41 Å². The number of carbonyl (C=O) groups excluding carboxylic acids is 3. The highest BCUT2D eigenvalue weighted by atomic mass is 16.1. The molecule has 7 atom stereocenters. The highest BCUT2D eigenvalue weighted by Crippen LogP contribution is 2.65. The van der Waals surface area contributed by atoms with Crippen LogP contribution in [0.15, 0.2) is 0 Å². The maximum Gasteiger partial charge on any atom is 0.207 e. The summed E-state index contributed by atoms with van der Waals surface area (Å²) >= 11 is 0. The molecule has 4 fully saturated rings. The molecule has 4 rings (SSSR count). The molecule has 1 amide bonds. The Hall–Kier alpha value is -1.19. The number of fused-ring (bicyclic) bond motifs is 5. The number of amides is 1. The van der Waals surface area contributed by atoms with E-state index in [1.165, 1.54) is 0 Å². The molecule has 24 heavy (non-hydrogen) atoms. The van der Waals surface area contributed by atoms with Gasteiger partial charge < -0.3 is 5.32 Å². The molecule has 0 aromatic heterocycles. The van der Waals surface area contributed by atoms with E-state index in [1.807, 2.05) is 0 Å². The van der Waals surface area contributed by atoms with E-state index >= 15 is 0 Å². The zero-order chi connectivity index (χ0) is 17.1. The SMILES string of the molecule is C[C@]12CCC(=O)CC1C(NC=O)C[C@@H]1[C@H]2CC[C@]2(C)C(=O)CC[C@@H]12. The summed E-state index contributed by atoms with van der Waals surface area (Å²) in [5, 5.41) is 3.05. The molecule has 1 N–H and O–H groups in total. The van der Waals surface area contributed by atoms with Crippen molar-refractivity contribution in [3.63, 3.8) is 0 Å².